The molecule has 78 valence electrons. The van der Waals surface area contributed by atoms with Crippen LogP contribution in [0.15, 0.2) is 24.3 Å². The maximum atomic E-state index is 12.6. The van der Waals surface area contributed by atoms with E-state index in [9.17, 15) is 4.39 Å². The van der Waals surface area contributed by atoms with Crippen molar-refractivity contribution in [3.05, 3.63) is 35.6 Å². The molecule has 1 rings (SSSR count). The van der Waals surface area contributed by atoms with Gasteiger partial charge in [-0.1, -0.05) is 25.5 Å². The van der Waals surface area contributed by atoms with E-state index in [1.807, 2.05) is 12.1 Å². The SMILES string of the molecule is CCCCN[C@H](C)c1ccc(F)cc1. The van der Waals surface area contributed by atoms with Crippen molar-refractivity contribution >= 4 is 0 Å². The molecule has 0 aromatic heterocycles. The first-order valence-corrected chi connectivity index (χ1v) is 5.23. The molecule has 0 amide bonds. The van der Waals surface area contributed by atoms with Crippen LogP contribution < -0.4 is 5.32 Å². The van der Waals surface area contributed by atoms with E-state index in [1.165, 1.54) is 25.0 Å². The van der Waals surface area contributed by atoms with Gasteiger partial charge in [0.2, 0.25) is 0 Å². The monoisotopic (exact) mass is 195 g/mol. The summed E-state index contributed by atoms with van der Waals surface area (Å²) in [7, 11) is 0. The van der Waals surface area contributed by atoms with Crippen molar-refractivity contribution in [3.63, 3.8) is 0 Å². The molecule has 1 N–H and O–H groups in total. The predicted molar refractivity (Wildman–Crippen MR) is 57.7 cm³/mol. The van der Waals surface area contributed by atoms with E-state index in [1.54, 1.807) is 0 Å². The van der Waals surface area contributed by atoms with Gasteiger partial charge in [-0.15, -0.1) is 0 Å². The fourth-order valence-corrected chi connectivity index (χ4v) is 1.36. The molecule has 0 spiro atoms. The highest BCUT2D eigenvalue weighted by Crippen LogP contribution is 2.12. The smallest absolute Gasteiger partial charge is 0.123 e. The topological polar surface area (TPSA) is 12.0 Å². The van der Waals surface area contributed by atoms with Gasteiger partial charge in [0.15, 0.2) is 0 Å². The number of halogens is 1. The molecule has 1 nitrogen and oxygen atoms in total. The number of hydrogen-bond acceptors (Lipinski definition) is 1. The number of rotatable bonds is 5. The Kier molecular flexibility index (Phi) is 4.60. The molecular formula is C12H18FN. The van der Waals surface area contributed by atoms with Crippen LogP contribution in [0.2, 0.25) is 0 Å². The second kappa shape index (κ2) is 5.76. The Morgan fingerprint density at radius 1 is 1.29 bits per heavy atom. The molecule has 0 aliphatic heterocycles. The molecule has 1 aromatic carbocycles. The molecule has 0 saturated carbocycles. The summed E-state index contributed by atoms with van der Waals surface area (Å²) in [4.78, 5) is 0. The minimum atomic E-state index is -0.172. The van der Waals surface area contributed by atoms with E-state index in [2.05, 4.69) is 19.2 Å². The largest absolute Gasteiger partial charge is 0.310 e. The summed E-state index contributed by atoms with van der Waals surface area (Å²) in [6.45, 7) is 5.29. The van der Waals surface area contributed by atoms with Crippen molar-refractivity contribution in [2.75, 3.05) is 6.54 Å². The Morgan fingerprint density at radius 2 is 1.93 bits per heavy atom. The highest BCUT2D eigenvalue weighted by molar-refractivity contribution is 5.19. The Balaban J connectivity index is 2.43. The first-order chi connectivity index (χ1) is 6.74. The second-order valence-corrected chi connectivity index (χ2v) is 3.58. The summed E-state index contributed by atoms with van der Waals surface area (Å²) in [5, 5.41) is 3.40. The van der Waals surface area contributed by atoms with E-state index in [4.69, 9.17) is 0 Å². The van der Waals surface area contributed by atoms with Crippen molar-refractivity contribution in [3.8, 4) is 0 Å². The average Bonchev–Trinajstić information content (AvgIpc) is 2.19. The Bertz CT molecular complexity index is 256. The zero-order valence-electron chi connectivity index (χ0n) is 8.89. The van der Waals surface area contributed by atoms with Crippen molar-refractivity contribution in [2.24, 2.45) is 0 Å². The van der Waals surface area contributed by atoms with Gasteiger partial charge in [-0.25, -0.2) is 4.39 Å². The van der Waals surface area contributed by atoms with Crippen LogP contribution in [-0.2, 0) is 0 Å². The Morgan fingerprint density at radius 3 is 2.50 bits per heavy atom. The molecule has 1 aromatic rings. The van der Waals surface area contributed by atoms with Crippen LogP contribution in [0.1, 0.15) is 38.3 Å². The summed E-state index contributed by atoms with van der Waals surface area (Å²) >= 11 is 0. The predicted octanol–water partition coefficient (Wildman–Crippen LogP) is 3.28. The van der Waals surface area contributed by atoms with Crippen LogP contribution in [0.3, 0.4) is 0 Å². The molecule has 0 unspecified atom stereocenters. The lowest BCUT2D eigenvalue weighted by molar-refractivity contribution is 0.552. The summed E-state index contributed by atoms with van der Waals surface area (Å²) < 4.78 is 12.6. The molecule has 0 fully saturated rings. The van der Waals surface area contributed by atoms with Gasteiger partial charge in [0, 0.05) is 6.04 Å². The van der Waals surface area contributed by atoms with Crippen molar-refractivity contribution in [1.29, 1.82) is 0 Å². The lowest BCUT2D eigenvalue weighted by Gasteiger charge is -2.13. The third-order valence-electron chi connectivity index (χ3n) is 2.35. The van der Waals surface area contributed by atoms with Gasteiger partial charge in [-0.2, -0.15) is 0 Å². The summed E-state index contributed by atoms with van der Waals surface area (Å²) in [5.74, 6) is -0.172. The molecule has 0 aliphatic rings. The summed E-state index contributed by atoms with van der Waals surface area (Å²) in [6.07, 6.45) is 2.38. The standard InChI is InChI=1S/C12H18FN/c1-3-4-9-14-10(2)11-5-7-12(13)8-6-11/h5-8,10,14H,3-4,9H2,1-2H3/t10-/m1/s1. The molecule has 0 saturated heterocycles. The van der Waals surface area contributed by atoms with Crippen LogP contribution in [-0.4, -0.2) is 6.54 Å². The highest BCUT2D eigenvalue weighted by Gasteiger charge is 2.03. The van der Waals surface area contributed by atoms with E-state index in [-0.39, 0.29) is 5.82 Å². The van der Waals surface area contributed by atoms with Gasteiger partial charge >= 0.3 is 0 Å². The molecule has 0 radical (unpaired) electrons. The van der Waals surface area contributed by atoms with Gasteiger partial charge in [0.1, 0.15) is 5.82 Å². The lowest BCUT2D eigenvalue weighted by Crippen LogP contribution is -2.19. The molecule has 1 atom stereocenters. The Labute approximate surface area is 85.3 Å². The molecule has 2 heteroatoms. The summed E-state index contributed by atoms with van der Waals surface area (Å²) in [5.41, 5.74) is 1.14. The number of nitrogens with one attached hydrogen (secondary N) is 1. The third-order valence-corrected chi connectivity index (χ3v) is 2.35. The van der Waals surface area contributed by atoms with Gasteiger partial charge in [-0.3, -0.25) is 0 Å². The molecule has 0 bridgehead atoms. The first kappa shape index (κ1) is 11.2. The number of hydrogen-bond donors (Lipinski definition) is 1. The van der Waals surface area contributed by atoms with Crippen LogP contribution in [0.4, 0.5) is 4.39 Å². The van der Waals surface area contributed by atoms with E-state index < -0.39 is 0 Å². The van der Waals surface area contributed by atoms with Crippen LogP contribution in [0.25, 0.3) is 0 Å². The van der Waals surface area contributed by atoms with Gasteiger partial charge in [-0.05, 0) is 37.6 Å². The lowest BCUT2D eigenvalue weighted by atomic mass is 10.1. The van der Waals surface area contributed by atoms with Crippen molar-refractivity contribution in [1.82, 2.24) is 5.32 Å². The fourth-order valence-electron chi connectivity index (χ4n) is 1.36. The van der Waals surface area contributed by atoms with E-state index in [0.29, 0.717) is 6.04 Å². The quantitative estimate of drug-likeness (QED) is 0.711. The average molecular weight is 195 g/mol. The zero-order valence-corrected chi connectivity index (χ0v) is 8.89. The van der Waals surface area contributed by atoms with Crippen LogP contribution in [0.5, 0.6) is 0 Å². The highest BCUT2D eigenvalue weighted by atomic mass is 19.1. The van der Waals surface area contributed by atoms with E-state index in [0.717, 1.165) is 12.1 Å². The third kappa shape index (κ3) is 3.46. The van der Waals surface area contributed by atoms with Gasteiger partial charge < -0.3 is 5.32 Å². The minimum Gasteiger partial charge on any atom is -0.310 e. The maximum absolute atomic E-state index is 12.6. The minimum absolute atomic E-state index is 0.172. The molecule has 14 heavy (non-hydrogen) atoms. The Hall–Kier alpha value is -0.890. The van der Waals surface area contributed by atoms with Crippen LogP contribution in [0, 0.1) is 5.82 Å². The number of benzene rings is 1. The zero-order chi connectivity index (χ0) is 10.4. The van der Waals surface area contributed by atoms with E-state index >= 15 is 0 Å². The second-order valence-electron chi connectivity index (χ2n) is 3.58. The normalized spacial score (nSPS) is 12.8. The van der Waals surface area contributed by atoms with Crippen LogP contribution >= 0.6 is 0 Å². The summed E-state index contributed by atoms with van der Waals surface area (Å²) in [6, 6.07) is 6.99. The molecular weight excluding hydrogens is 177 g/mol. The van der Waals surface area contributed by atoms with Crippen molar-refractivity contribution in [2.45, 2.75) is 32.7 Å². The van der Waals surface area contributed by atoms with Gasteiger partial charge in [0.05, 0.1) is 0 Å². The number of unbranched alkanes of at least 4 members (excludes halogenated alkanes) is 1. The maximum Gasteiger partial charge on any atom is 0.123 e. The van der Waals surface area contributed by atoms with Crippen molar-refractivity contribution < 1.29 is 4.39 Å². The molecule has 0 aliphatic carbocycles. The first-order valence-electron chi connectivity index (χ1n) is 5.23. The fraction of sp³-hybridized carbons (Fsp3) is 0.500. The van der Waals surface area contributed by atoms with Gasteiger partial charge in [0.25, 0.3) is 0 Å². The molecule has 0 heterocycles.